The molecule has 24 heavy (non-hydrogen) atoms. The van der Waals surface area contributed by atoms with Gasteiger partial charge in [0.15, 0.2) is 11.6 Å². The molecule has 0 saturated carbocycles. The fraction of sp³-hybridized carbons (Fsp3) is 0. The first-order valence-corrected chi connectivity index (χ1v) is 7.87. The number of halogens is 3. The van der Waals surface area contributed by atoms with Crippen LogP contribution in [-0.4, -0.2) is 15.0 Å². The van der Waals surface area contributed by atoms with Crippen LogP contribution in [0.5, 0.6) is 0 Å². The average molecular weight is 382 g/mol. The molecule has 3 rings (SSSR count). The van der Waals surface area contributed by atoms with Crippen molar-refractivity contribution in [1.82, 2.24) is 15.0 Å². The first-order valence-electron chi connectivity index (χ1n) is 6.73. The Labute approximate surface area is 153 Å². The third kappa shape index (κ3) is 3.97. The highest BCUT2D eigenvalue weighted by Crippen LogP contribution is 2.30. The molecule has 0 unspecified atom stereocenters. The fourth-order valence-corrected chi connectivity index (χ4v) is 2.57. The summed E-state index contributed by atoms with van der Waals surface area (Å²) < 4.78 is 0. The number of rotatable bonds is 4. The summed E-state index contributed by atoms with van der Waals surface area (Å²) in [5, 5.41) is 7.61. The van der Waals surface area contributed by atoms with Crippen molar-refractivity contribution < 1.29 is 0 Å². The first kappa shape index (κ1) is 16.6. The van der Waals surface area contributed by atoms with E-state index in [9.17, 15) is 0 Å². The number of aromatic nitrogens is 3. The predicted molar refractivity (Wildman–Crippen MR) is 98.7 cm³/mol. The molecule has 4 N–H and O–H groups in total. The minimum atomic E-state index is 0.324. The SMILES string of the molecule is Nc1c(Nc2cc(Cl)cc(Cl)c2)ncnc1Nc1ccc(Cl)cn1. The van der Waals surface area contributed by atoms with Gasteiger partial charge in [-0.15, -0.1) is 0 Å². The van der Waals surface area contributed by atoms with Crippen molar-refractivity contribution in [3.8, 4) is 0 Å². The van der Waals surface area contributed by atoms with E-state index < -0.39 is 0 Å². The van der Waals surface area contributed by atoms with E-state index in [1.807, 2.05) is 0 Å². The van der Waals surface area contributed by atoms with Gasteiger partial charge in [0.25, 0.3) is 0 Å². The molecule has 122 valence electrons. The van der Waals surface area contributed by atoms with Crippen LogP contribution >= 0.6 is 34.8 Å². The highest BCUT2D eigenvalue weighted by Gasteiger charge is 2.10. The summed E-state index contributed by atoms with van der Waals surface area (Å²) in [6.45, 7) is 0. The normalized spacial score (nSPS) is 10.5. The Bertz CT molecular complexity index is 849. The van der Waals surface area contributed by atoms with Gasteiger partial charge in [-0.3, -0.25) is 0 Å². The lowest BCUT2D eigenvalue weighted by atomic mass is 10.3. The Morgan fingerprint density at radius 1 is 0.792 bits per heavy atom. The molecule has 6 nitrogen and oxygen atoms in total. The maximum atomic E-state index is 6.12. The molecule has 0 aliphatic rings. The molecule has 2 aromatic heterocycles. The van der Waals surface area contributed by atoms with E-state index >= 15 is 0 Å². The Hall–Kier alpha value is -2.28. The first-order chi connectivity index (χ1) is 11.5. The average Bonchev–Trinajstić information content (AvgIpc) is 2.52. The van der Waals surface area contributed by atoms with Crippen molar-refractivity contribution in [3.63, 3.8) is 0 Å². The van der Waals surface area contributed by atoms with E-state index in [0.29, 0.717) is 43.9 Å². The number of pyridine rings is 1. The molecule has 0 atom stereocenters. The van der Waals surface area contributed by atoms with Crippen LogP contribution in [0.4, 0.5) is 28.8 Å². The van der Waals surface area contributed by atoms with E-state index in [2.05, 4.69) is 25.6 Å². The number of nitrogens with one attached hydrogen (secondary N) is 2. The molecule has 0 bridgehead atoms. The van der Waals surface area contributed by atoms with Gasteiger partial charge >= 0.3 is 0 Å². The predicted octanol–water partition coefficient (Wildman–Crippen LogP) is 4.90. The van der Waals surface area contributed by atoms with Crippen molar-refractivity contribution in [2.24, 2.45) is 0 Å². The molecule has 0 aliphatic heterocycles. The van der Waals surface area contributed by atoms with Gasteiger partial charge in [-0.1, -0.05) is 34.8 Å². The quantitative estimate of drug-likeness (QED) is 0.595. The van der Waals surface area contributed by atoms with E-state index in [1.165, 1.54) is 12.5 Å². The van der Waals surface area contributed by atoms with Crippen LogP contribution in [0.1, 0.15) is 0 Å². The summed E-state index contributed by atoms with van der Waals surface area (Å²) in [6, 6.07) is 8.48. The van der Waals surface area contributed by atoms with Gasteiger partial charge in [0, 0.05) is 21.9 Å². The smallest absolute Gasteiger partial charge is 0.160 e. The Morgan fingerprint density at radius 3 is 2.08 bits per heavy atom. The molecule has 0 saturated heterocycles. The zero-order chi connectivity index (χ0) is 17.1. The number of nitrogens with zero attached hydrogens (tertiary/aromatic N) is 3. The van der Waals surface area contributed by atoms with Crippen molar-refractivity contribution in [2.75, 3.05) is 16.4 Å². The number of anilines is 5. The van der Waals surface area contributed by atoms with Crippen LogP contribution in [0.25, 0.3) is 0 Å². The van der Waals surface area contributed by atoms with Crippen LogP contribution in [-0.2, 0) is 0 Å². The van der Waals surface area contributed by atoms with Crippen molar-refractivity contribution in [1.29, 1.82) is 0 Å². The second kappa shape index (κ2) is 7.09. The third-order valence-corrected chi connectivity index (χ3v) is 3.64. The topological polar surface area (TPSA) is 88.8 Å². The summed E-state index contributed by atoms with van der Waals surface area (Å²) in [7, 11) is 0. The number of hydrogen-bond donors (Lipinski definition) is 3. The molecular formula is C15H11Cl3N6. The van der Waals surface area contributed by atoms with Gasteiger partial charge in [0.05, 0.1) is 5.02 Å². The molecule has 3 aromatic rings. The van der Waals surface area contributed by atoms with E-state index in [4.69, 9.17) is 40.5 Å². The van der Waals surface area contributed by atoms with E-state index in [-0.39, 0.29) is 0 Å². The highest BCUT2D eigenvalue weighted by atomic mass is 35.5. The Morgan fingerprint density at radius 2 is 1.46 bits per heavy atom. The standard InChI is InChI=1S/C15H11Cl3N6/c16-8-1-2-12(20-6-8)24-15-13(19)14(21-7-22-15)23-11-4-9(17)3-10(18)5-11/h1-7H,19H2,(H2,20,21,22,23,24). The molecule has 0 fully saturated rings. The molecular weight excluding hydrogens is 371 g/mol. The lowest BCUT2D eigenvalue weighted by molar-refractivity contribution is 1.16. The Kier molecular flexibility index (Phi) is 4.89. The second-order valence-electron chi connectivity index (χ2n) is 4.75. The molecule has 0 amide bonds. The summed E-state index contributed by atoms with van der Waals surface area (Å²) in [5.74, 6) is 1.39. The van der Waals surface area contributed by atoms with Crippen LogP contribution in [0.3, 0.4) is 0 Å². The van der Waals surface area contributed by atoms with Gasteiger partial charge in [0.2, 0.25) is 0 Å². The van der Waals surface area contributed by atoms with Gasteiger partial charge in [0.1, 0.15) is 17.8 Å². The van der Waals surface area contributed by atoms with E-state index in [1.54, 1.807) is 30.3 Å². The molecule has 1 aromatic carbocycles. The maximum Gasteiger partial charge on any atom is 0.160 e. The van der Waals surface area contributed by atoms with Gasteiger partial charge in [-0.2, -0.15) is 0 Å². The molecule has 2 heterocycles. The van der Waals surface area contributed by atoms with Gasteiger partial charge in [-0.25, -0.2) is 15.0 Å². The van der Waals surface area contributed by atoms with E-state index in [0.717, 1.165) is 0 Å². The number of benzene rings is 1. The molecule has 0 aliphatic carbocycles. The number of nitrogen functional groups attached to an aromatic ring is 1. The fourth-order valence-electron chi connectivity index (χ4n) is 1.93. The van der Waals surface area contributed by atoms with Crippen LogP contribution in [0.15, 0.2) is 42.9 Å². The largest absolute Gasteiger partial charge is 0.393 e. The van der Waals surface area contributed by atoms with Crippen LogP contribution < -0.4 is 16.4 Å². The molecule has 9 heteroatoms. The van der Waals surface area contributed by atoms with Crippen LogP contribution in [0, 0.1) is 0 Å². The Balaban J connectivity index is 1.86. The van der Waals surface area contributed by atoms with Crippen molar-refractivity contribution >= 4 is 63.6 Å². The third-order valence-electron chi connectivity index (χ3n) is 2.98. The van der Waals surface area contributed by atoms with Gasteiger partial charge < -0.3 is 16.4 Å². The second-order valence-corrected chi connectivity index (χ2v) is 6.06. The number of hydrogen-bond acceptors (Lipinski definition) is 6. The summed E-state index contributed by atoms with van der Waals surface area (Å²) in [5.41, 5.74) is 7.10. The van der Waals surface area contributed by atoms with Crippen molar-refractivity contribution in [3.05, 3.63) is 57.9 Å². The lowest BCUT2D eigenvalue weighted by Crippen LogP contribution is -2.05. The minimum absolute atomic E-state index is 0.324. The lowest BCUT2D eigenvalue weighted by Gasteiger charge is -2.12. The summed E-state index contributed by atoms with van der Waals surface area (Å²) in [6.07, 6.45) is 2.90. The minimum Gasteiger partial charge on any atom is -0.393 e. The van der Waals surface area contributed by atoms with Gasteiger partial charge in [-0.05, 0) is 30.3 Å². The molecule has 0 radical (unpaired) electrons. The van der Waals surface area contributed by atoms with Crippen LogP contribution in [0.2, 0.25) is 15.1 Å². The highest BCUT2D eigenvalue weighted by molar-refractivity contribution is 6.35. The summed E-state index contributed by atoms with van der Waals surface area (Å²) in [4.78, 5) is 12.4. The summed E-state index contributed by atoms with van der Waals surface area (Å²) >= 11 is 17.8. The zero-order valence-electron chi connectivity index (χ0n) is 12.1. The molecule has 0 spiro atoms. The zero-order valence-corrected chi connectivity index (χ0v) is 14.4. The monoisotopic (exact) mass is 380 g/mol. The van der Waals surface area contributed by atoms with Crippen molar-refractivity contribution in [2.45, 2.75) is 0 Å². The maximum absolute atomic E-state index is 6.12. The number of nitrogens with two attached hydrogens (primary N) is 1.